The maximum atomic E-state index is 14.9. The van der Waals surface area contributed by atoms with Gasteiger partial charge in [-0.15, -0.1) is 0 Å². The molecule has 0 N–H and O–H groups in total. The maximum absolute atomic E-state index is 14.9. The lowest BCUT2D eigenvalue weighted by Gasteiger charge is -2.24. The van der Waals surface area contributed by atoms with Crippen molar-refractivity contribution in [1.82, 2.24) is 3.71 Å². The molecule has 0 aliphatic heterocycles. The second-order valence-electron chi connectivity index (χ2n) is 6.11. The number of sulfonamides is 2. The highest BCUT2D eigenvalue weighted by Crippen LogP contribution is 2.29. The summed E-state index contributed by atoms with van der Waals surface area (Å²) < 4.78 is 80.9. The van der Waals surface area contributed by atoms with Crippen LogP contribution in [0.3, 0.4) is 0 Å². The van der Waals surface area contributed by atoms with Crippen molar-refractivity contribution >= 4 is 20.0 Å². The predicted octanol–water partition coefficient (Wildman–Crippen LogP) is 3.92. The van der Waals surface area contributed by atoms with Crippen molar-refractivity contribution < 1.29 is 25.6 Å². The van der Waals surface area contributed by atoms with E-state index in [4.69, 9.17) is 0 Å². The summed E-state index contributed by atoms with van der Waals surface area (Å²) >= 11 is 0. The molecule has 152 valence electrons. The molecule has 3 aromatic carbocycles. The van der Waals surface area contributed by atoms with Crippen LogP contribution in [-0.4, -0.2) is 27.1 Å². The first-order valence-corrected chi connectivity index (χ1v) is 11.4. The molecule has 0 saturated carbocycles. The Bertz CT molecular complexity index is 1120. The van der Waals surface area contributed by atoms with Gasteiger partial charge in [0.25, 0.3) is 20.0 Å². The molecule has 1 atom stereocenters. The Labute approximate surface area is 168 Å². The number of nitrogens with zero attached hydrogens (tertiary/aromatic N) is 1. The molecule has 5 nitrogen and oxygen atoms in total. The van der Waals surface area contributed by atoms with Gasteiger partial charge in [-0.1, -0.05) is 52.2 Å². The Morgan fingerprint density at radius 3 is 1.66 bits per heavy atom. The highest BCUT2D eigenvalue weighted by Gasteiger charge is 2.38. The van der Waals surface area contributed by atoms with Crippen molar-refractivity contribution in [2.45, 2.75) is 16.0 Å². The topological polar surface area (TPSA) is 71.5 Å². The summed E-state index contributed by atoms with van der Waals surface area (Å²) in [5.74, 6) is -0.714. The first kappa shape index (κ1) is 21.1. The molecule has 0 bridgehead atoms. The van der Waals surface area contributed by atoms with Gasteiger partial charge in [-0.2, -0.15) is 0 Å². The smallest absolute Gasteiger partial charge is 0.241 e. The number of hydrogen-bond donors (Lipinski definition) is 0. The van der Waals surface area contributed by atoms with Crippen LogP contribution in [0.25, 0.3) is 0 Å². The quantitative estimate of drug-likeness (QED) is 0.562. The summed E-state index contributed by atoms with van der Waals surface area (Å²) in [6, 6.07) is 18.3. The third-order valence-corrected chi connectivity index (χ3v) is 8.42. The van der Waals surface area contributed by atoms with Gasteiger partial charge in [-0.05, 0) is 42.0 Å². The van der Waals surface area contributed by atoms with E-state index in [2.05, 4.69) is 0 Å². The molecule has 0 spiro atoms. The molecule has 0 heterocycles. The third-order valence-electron chi connectivity index (χ3n) is 4.14. The SMILES string of the molecule is O=S(=O)(c1ccccc1)N(CC(F)c1cccc(F)c1)S(=O)(=O)c1ccccc1. The van der Waals surface area contributed by atoms with E-state index in [0.29, 0.717) is 0 Å². The van der Waals surface area contributed by atoms with Gasteiger partial charge in [0.1, 0.15) is 12.0 Å². The van der Waals surface area contributed by atoms with Crippen LogP contribution in [0.15, 0.2) is 94.7 Å². The van der Waals surface area contributed by atoms with Gasteiger partial charge >= 0.3 is 0 Å². The molecule has 0 aliphatic rings. The van der Waals surface area contributed by atoms with Crippen molar-refractivity contribution in [2.75, 3.05) is 6.54 Å². The predicted molar refractivity (Wildman–Crippen MR) is 104 cm³/mol. The Kier molecular flexibility index (Phi) is 6.11. The van der Waals surface area contributed by atoms with Crippen LogP contribution in [0, 0.1) is 5.82 Å². The standard InChI is InChI=1S/C20H17F2NO4S2/c21-17-9-7-8-16(14-17)20(22)15-23(28(24,25)18-10-3-1-4-11-18)29(26,27)19-12-5-2-6-13-19/h1-14,20H,15H2. The van der Waals surface area contributed by atoms with Crippen molar-refractivity contribution in [3.63, 3.8) is 0 Å². The van der Waals surface area contributed by atoms with Gasteiger partial charge in [-0.3, -0.25) is 0 Å². The molecule has 0 aromatic heterocycles. The van der Waals surface area contributed by atoms with E-state index in [1.807, 2.05) is 0 Å². The number of halogens is 2. The number of rotatable bonds is 7. The lowest BCUT2D eigenvalue weighted by molar-refractivity contribution is 0.307. The molecule has 0 radical (unpaired) electrons. The Morgan fingerprint density at radius 2 is 1.21 bits per heavy atom. The Balaban J connectivity index is 2.09. The molecule has 9 heteroatoms. The zero-order valence-corrected chi connectivity index (χ0v) is 16.7. The summed E-state index contributed by atoms with van der Waals surface area (Å²) in [5.41, 5.74) is -0.165. The second kappa shape index (κ2) is 8.40. The van der Waals surface area contributed by atoms with Crippen LogP contribution in [0.4, 0.5) is 8.78 Å². The minimum Gasteiger partial charge on any atom is -0.241 e. The molecule has 3 aromatic rings. The Hall–Kier alpha value is -2.62. The fourth-order valence-corrected chi connectivity index (χ4v) is 6.36. The van der Waals surface area contributed by atoms with Crippen molar-refractivity contribution in [2.24, 2.45) is 0 Å². The summed E-state index contributed by atoms with van der Waals surface area (Å²) in [7, 11) is -9.22. The van der Waals surface area contributed by atoms with E-state index in [1.54, 1.807) is 12.1 Å². The average Bonchev–Trinajstić information content (AvgIpc) is 2.73. The van der Waals surface area contributed by atoms with E-state index in [1.165, 1.54) is 60.7 Å². The maximum Gasteiger partial charge on any atom is 0.256 e. The zero-order valence-electron chi connectivity index (χ0n) is 15.0. The lowest BCUT2D eigenvalue weighted by atomic mass is 10.1. The third kappa shape index (κ3) is 4.52. The fraction of sp³-hybridized carbons (Fsp3) is 0.100. The normalized spacial score (nSPS) is 13.3. The Morgan fingerprint density at radius 1 is 0.724 bits per heavy atom. The first-order valence-electron chi connectivity index (χ1n) is 8.50. The van der Waals surface area contributed by atoms with Gasteiger partial charge in [0.15, 0.2) is 0 Å². The van der Waals surface area contributed by atoms with Crippen molar-refractivity contribution in [1.29, 1.82) is 0 Å². The molecule has 3 rings (SSSR count). The monoisotopic (exact) mass is 437 g/mol. The largest absolute Gasteiger partial charge is 0.256 e. The molecule has 29 heavy (non-hydrogen) atoms. The number of hydrogen-bond acceptors (Lipinski definition) is 4. The molecular weight excluding hydrogens is 420 g/mol. The fourth-order valence-electron chi connectivity index (χ4n) is 2.68. The van der Waals surface area contributed by atoms with Gasteiger partial charge in [0, 0.05) is 0 Å². The van der Waals surface area contributed by atoms with E-state index in [9.17, 15) is 25.6 Å². The molecular formula is C20H17F2NO4S2. The second-order valence-corrected chi connectivity index (χ2v) is 10.1. The van der Waals surface area contributed by atoms with E-state index in [-0.39, 0.29) is 19.1 Å². The van der Waals surface area contributed by atoms with Crippen LogP contribution in [0.1, 0.15) is 11.7 Å². The number of benzene rings is 3. The van der Waals surface area contributed by atoms with Gasteiger partial charge in [0.2, 0.25) is 0 Å². The average molecular weight is 437 g/mol. The van der Waals surface area contributed by atoms with Crippen molar-refractivity contribution in [3.8, 4) is 0 Å². The summed E-state index contributed by atoms with van der Waals surface area (Å²) in [4.78, 5) is -0.600. The number of alkyl halides is 1. The van der Waals surface area contributed by atoms with Gasteiger partial charge < -0.3 is 0 Å². The van der Waals surface area contributed by atoms with Crippen molar-refractivity contribution in [3.05, 3.63) is 96.3 Å². The highest BCUT2D eigenvalue weighted by atomic mass is 32.3. The van der Waals surface area contributed by atoms with Crippen LogP contribution >= 0.6 is 0 Å². The highest BCUT2D eigenvalue weighted by molar-refractivity contribution is 8.04. The molecule has 0 aliphatic carbocycles. The van der Waals surface area contributed by atoms with E-state index < -0.39 is 38.6 Å². The molecule has 0 saturated heterocycles. The molecule has 1 unspecified atom stereocenters. The van der Waals surface area contributed by atoms with Crippen LogP contribution < -0.4 is 0 Å². The van der Waals surface area contributed by atoms with Gasteiger partial charge in [-0.25, -0.2) is 25.6 Å². The minimum absolute atomic E-state index is 0.125. The van der Waals surface area contributed by atoms with Gasteiger partial charge in [0.05, 0.1) is 16.3 Å². The minimum atomic E-state index is -4.61. The summed E-state index contributed by atoms with van der Waals surface area (Å²) in [6.45, 7) is -1.03. The molecule has 0 amide bonds. The van der Waals surface area contributed by atoms with Crippen LogP contribution in [-0.2, 0) is 20.0 Å². The lowest BCUT2D eigenvalue weighted by Crippen LogP contribution is -2.39. The summed E-state index contributed by atoms with van der Waals surface area (Å²) in [5, 5.41) is 0. The summed E-state index contributed by atoms with van der Waals surface area (Å²) in [6.07, 6.45) is -2.07. The van der Waals surface area contributed by atoms with E-state index in [0.717, 1.165) is 12.1 Å². The van der Waals surface area contributed by atoms with Crippen LogP contribution in [0.2, 0.25) is 0 Å². The first-order chi connectivity index (χ1) is 13.7. The van der Waals surface area contributed by atoms with E-state index >= 15 is 0 Å². The molecule has 0 fully saturated rings. The van der Waals surface area contributed by atoms with Crippen LogP contribution in [0.5, 0.6) is 0 Å². The zero-order chi connectivity index (χ0) is 21.1.